The number of halogens is 1. The number of carbonyl (C=O) groups excluding carboxylic acids is 2. The fourth-order valence-corrected chi connectivity index (χ4v) is 2.16. The molecule has 0 heterocycles. The van der Waals surface area contributed by atoms with Crippen molar-refractivity contribution in [1.82, 2.24) is 5.32 Å². The standard InChI is InChI=1S/C18H17FNO2/c19-16-11-9-15(10-12-16)18(22)20-17(13-21)8-4-7-14-5-2-1-3-6-14/h1-3,5-6,9-12,17H,4,7-8H2,(H,20,22)/t17-/m1/s1. The maximum atomic E-state index is 12.8. The second-order valence-corrected chi connectivity index (χ2v) is 5.03. The molecule has 2 aromatic rings. The lowest BCUT2D eigenvalue weighted by Gasteiger charge is -2.12. The fraction of sp³-hybridized carbons (Fsp3) is 0.222. The van der Waals surface area contributed by atoms with Crippen molar-refractivity contribution in [2.24, 2.45) is 0 Å². The molecule has 0 saturated carbocycles. The summed E-state index contributed by atoms with van der Waals surface area (Å²) in [5.74, 6) is -0.800. The Morgan fingerprint density at radius 3 is 2.41 bits per heavy atom. The zero-order valence-corrected chi connectivity index (χ0v) is 12.1. The number of hydrogen-bond acceptors (Lipinski definition) is 2. The van der Waals surface area contributed by atoms with Crippen LogP contribution in [0, 0.1) is 5.82 Å². The molecule has 1 radical (unpaired) electrons. The van der Waals surface area contributed by atoms with Gasteiger partial charge in [-0.25, -0.2) is 4.39 Å². The van der Waals surface area contributed by atoms with Gasteiger partial charge in [0.25, 0.3) is 5.91 Å². The summed E-state index contributed by atoms with van der Waals surface area (Å²) < 4.78 is 12.8. The number of aryl methyl sites for hydroxylation is 1. The quantitative estimate of drug-likeness (QED) is 0.854. The lowest BCUT2D eigenvalue weighted by atomic mass is 10.0. The van der Waals surface area contributed by atoms with Crippen molar-refractivity contribution >= 4 is 12.2 Å². The molecule has 0 unspecified atom stereocenters. The van der Waals surface area contributed by atoms with Crippen LogP contribution in [0.15, 0.2) is 54.6 Å². The molecule has 0 saturated heterocycles. The van der Waals surface area contributed by atoms with E-state index in [-0.39, 0.29) is 0 Å². The smallest absolute Gasteiger partial charge is 0.251 e. The Morgan fingerprint density at radius 2 is 1.77 bits per heavy atom. The van der Waals surface area contributed by atoms with Crippen LogP contribution in [-0.4, -0.2) is 18.2 Å². The summed E-state index contributed by atoms with van der Waals surface area (Å²) in [5.41, 5.74) is 1.52. The van der Waals surface area contributed by atoms with Crippen LogP contribution in [0.25, 0.3) is 0 Å². The van der Waals surface area contributed by atoms with Crippen LogP contribution in [0.2, 0.25) is 0 Å². The van der Waals surface area contributed by atoms with Gasteiger partial charge in [0.15, 0.2) is 0 Å². The maximum absolute atomic E-state index is 12.8. The van der Waals surface area contributed by atoms with E-state index in [4.69, 9.17) is 0 Å². The second kappa shape index (κ2) is 8.08. The Balaban J connectivity index is 1.82. The van der Waals surface area contributed by atoms with Crippen molar-refractivity contribution in [3.05, 3.63) is 71.5 Å². The lowest BCUT2D eigenvalue weighted by Crippen LogP contribution is -2.36. The van der Waals surface area contributed by atoms with Crippen molar-refractivity contribution in [3.63, 3.8) is 0 Å². The third-order valence-corrected chi connectivity index (χ3v) is 3.36. The average molecular weight is 298 g/mol. The minimum absolute atomic E-state index is 0.324. The van der Waals surface area contributed by atoms with Gasteiger partial charge in [-0.2, -0.15) is 0 Å². The van der Waals surface area contributed by atoms with Crippen molar-refractivity contribution in [2.45, 2.75) is 25.3 Å². The van der Waals surface area contributed by atoms with Crippen molar-refractivity contribution in [1.29, 1.82) is 0 Å². The van der Waals surface area contributed by atoms with E-state index in [0.29, 0.717) is 12.0 Å². The average Bonchev–Trinajstić information content (AvgIpc) is 2.55. The number of carbonyl (C=O) groups is 1. The normalized spacial score (nSPS) is 11.7. The minimum Gasteiger partial charge on any atom is -0.342 e. The third kappa shape index (κ3) is 4.81. The fourth-order valence-electron chi connectivity index (χ4n) is 2.16. The van der Waals surface area contributed by atoms with E-state index in [0.717, 1.165) is 12.8 Å². The van der Waals surface area contributed by atoms with Gasteiger partial charge in [-0.15, -0.1) is 0 Å². The van der Waals surface area contributed by atoms with Crippen molar-refractivity contribution < 1.29 is 14.0 Å². The van der Waals surface area contributed by atoms with Crippen LogP contribution < -0.4 is 5.32 Å². The van der Waals surface area contributed by atoms with E-state index in [1.165, 1.54) is 29.8 Å². The number of benzene rings is 2. The van der Waals surface area contributed by atoms with Gasteiger partial charge in [-0.3, -0.25) is 9.59 Å². The zero-order chi connectivity index (χ0) is 15.8. The molecule has 2 rings (SSSR count). The number of nitrogens with one attached hydrogen (secondary N) is 1. The van der Waals surface area contributed by atoms with E-state index >= 15 is 0 Å². The van der Waals surface area contributed by atoms with Gasteiger partial charge in [0, 0.05) is 5.56 Å². The Hall–Kier alpha value is -2.49. The first-order valence-electron chi connectivity index (χ1n) is 7.17. The number of amides is 1. The largest absolute Gasteiger partial charge is 0.342 e. The van der Waals surface area contributed by atoms with Gasteiger partial charge < -0.3 is 5.32 Å². The predicted octanol–water partition coefficient (Wildman–Crippen LogP) is 3.06. The van der Waals surface area contributed by atoms with Crippen LogP contribution in [0.1, 0.15) is 28.8 Å². The van der Waals surface area contributed by atoms with Gasteiger partial charge in [0.05, 0.1) is 6.04 Å². The highest BCUT2D eigenvalue weighted by Crippen LogP contribution is 2.07. The van der Waals surface area contributed by atoms with E-state index in [2.05, 4.69) is 5.32 Å². The molecule has 0 spiro atoms. The SMILES string of the molecule is O=[C][C@@H](CCCc1ccccc1)NC(=O)c1ccc(F)cc1. The molecule has 3 nitrogen and oxygen atoms in total. The molecular weight excluding hydrogens is 281 g/mol. The summed E-state index contributed by atoms with van der Waals surface area (Å²) in [6.45, 7) is 0. The Morgan fingerprint density at radius 1 is 1.09 bits per heavy atom. The number of rotatable bonds is 7. The molecule has 113 valence electrons. The number of hydrogen-bond donors (Lipinski definition) is 1. The Labute approximate surface area is 129 Å². The minimum atomic E-state index is -0.652. The van der Waals surface area contributed by atoms with Crippen LogP contribution in [0.5, 0.6) is 0 Å². The summed E-state index contributed by atoms with van der Waals surface area (Å²) in [4.78, 5) is 22.9. The van der Waals surface area contributed by atoms with Crippen LogP contribution in [0.3, 0.4) is 0 Å². The Kier molecular flexibility index (Phi) is 5.83. The van der Waals surface area contributed by atoms with Crippen LogP contribution >= 0.6 is 0 Å². The molecule has 0 aromatic heterocycles. The summed E-state index contributed by atoms with van der Waals surface area (Å²) in [5, 5.41) is 2.60. The van der Waals surface area contributed by atoms with E-state index in [1.54, 1.807) is 0 Å². The lowest BCUT2D eigenvalue weighted by molar-refractivity contribution is 0.0944. The van der Waals surface area contributed by atoms with Crippen molar-refractivity contribution in [2.75, 3.05) is 0 Å². The van der Waals surface area contributed by atoms with Gasteiger partial charge in [0.2, 0.25) is 6.29 Å². The third-order valence-electron chi connectivity index (χ3n) is 3.36. The zero-order valence-electron chi connectivity index (χ0n) is 12.1. The molecule has 22 heavy (non-hydrogen) atoms. The topological polar surface area (TPSA) is 46.2 Å². The maximum Gasteiger partial charge on any atom is 0.251 e. The van der Waals surface area contributed by atoms with Crippen LogP contribution in [0.4, 0.5) is 4.39 Å². The monoisotopic (exact) mass is 298 g/mol. The summed E-state index contributed by atoms with van der Waals surface area (Å²) >= 11 is 0. The molecule has 1 atom stereocenters. The molecule has 0 aliphatic heterocycles. The molecule has 2 aromatic carbocycles. The highest BCUT2D eigenvalue weighted by Gasteiger charge is 2.13. The van der Waals surface area contributed by atoms with Gasteiger partial charge >= 0.3 is 0 Å². The predicted molar refractivity (Wildman–Crippen MR) is 82.7 cm³/mol. The van der Waals surface area contributed by atoms with E-state index < -0.39 is 17.8 Å². The first kappa shape index (κ1) is 15.9. The molecule has 0 aliphatic carbocycles. The van der Waals surface area contributed by atoms with Gasteiger partial charge in [-0.05, 0) is 49.1 Å². The molecular formula is C18H17FNO2. The summed E-state index contributed by atoms with van der Waals surface area (Å²) in [7, 11) is 0. The molecule has 0 bridgehead atoms. The molecule has 0 aliphatic rings. The highest BCUT2D eigenvalue weighted by molar-refractivity contribution is 5.95. The molecule has 0 fully saturated rings. The molecule has 4 heteroatoms. The second-order valence-electron chi connectivity index (χ2n) is 5.03. The van der Waals surface area contributed by atoms with Gasteiger partial charge in [-0.1, -0.05) is 30.3 Å². The first-order chi connectivity index (χ1) is 10.7. The first-order valence-corrected chi connectivity index (χ1v) is 7.17. The summed E-state index contributed by atoms with van der Waals surface area (Å²) in [6, 6.07) is 14.5. The highest BCUT2D eigenvalue weighted by atomic mass is 19.1. The molecule has 1 N–H and O–H groups in total. The van der Waals surface area contributed by atoms with E-state index in [1.807, 2.05) is 36.6 Å². The molecule has 1 amide bonds. The van der Waals surface area contributed by atoms with Crippen LogP contribution in [-0.2, 0) is 11.2 Å². The van der Waals surface area contributed by atoms with E-state index in [9.17, 15) is 14.0 Å². The summed E-state index contributed by atoms with van der Waals surface area (Å²) in [6.07, 6.45) is 3.97. The van der Waals surface area contributed by atoms with Gasteiger partial charge in [0.1, 0.15) is 5.82 Å². The van der Waals surface area contributed by atoms with Crippen molar-refractivity contribution in [3.8, 4) is 0 Å². The Bertz CT molecular complexity index is 611.